The van der Waals surface area contributed by atoms with Crippen molar-refractivity contribution >= 4 is 27.5 Å². The number of aryl methyl sites for hydroxylation is 1. The molecule has 0 bridgehead atoms. The molecule has 4 aromatic rings. The molecular weight excluding hydrogens is 560 g/mol. The molecule has 12 heteroatoms. The fraction of sp³-hybridized carbons (Fsp3) is 0.467. The highest BCUT2D eigenvalue weighted by Gasteiger charge is 2.34. The van der Waals surface area contributed by atoms with Gasteiger partial charge in [-0.2, -0.15) is 0 Å². The number of likely N-dealkylation sites (tertiary alicyclic amines) is 1. The largest absolute Gasteiger partial charge is 0.496 e. The summed E-state index contributed by atoms with van der Waals surface area (Å²) in [6.45, 7) is 3.71. The number of piperidine rings is 1. The van der Waals surface area contributed by atoms with Crippen molar-refractivity contribution in [2.75, 3.05) is 33.9 Å². The standard InChI is InChI=1S/C30H34N4O7S/c1-18-24-28(36)34(21-8-6-13-32(2)27(21)35)30(37)33(29(24)42-25(18)26-31-12-16-40-26)17-23(41-19-10-14-39-15-11-19)20-7-4-5-9-22(20)38-3/h4-5,7,9,12,16,19,21,23H,6,8,10-11,13-15,17H2,1-3H3. The first kappa shape index (κ1) is 28.4. The zero-order valence-corrected chi connectivity index (χ0v) is 24.7. The minimum Gasteiger partial charge on any atom is -0.496 e. The Kier molecular flexibility index (Phi) is 8.02. The predicted octanol–water partition coefficient (Wildman–Crippen LogP) is 3.93. The topological polar surface area (TPSA) is 118 Å². The van der Waals surface area contributed by atoms with E-state index in [0.29, 0.717) is 64.9 Å². The van der Waals surface area contributed by atoms with Gasteiger partial charge in [0.15, 0.2) is 0 Å². The molecule has 2 fully saturated rings. The summed E-state index contributed by atoms with van der Waals surface area (Å²) in [4.78, 5) is 48.8. The summed E-state index contributed by atoms with van der Waals surface area (Å²) in [5.74, 6) is 0.762. The third kappa shape index (κ3) is 5.07. The molecule has 2 saturated heterocycles. The number of hydrogen-bond donors (Lipinski definition) is 0. The van der Waals surface area contributed by atoms with E-state index in [0.717, 1.165) is 23.0 Å². The first-order valence-corrected chi connectivity index (χ1v) is 15.0. The number of carbonyl (C=O) groups is 1. The van der Waals surface area contributed by atoms with Crippen molar-refractivity contribution in [2.24, 2.45) is 0 Å². The maximum atomic E-state index is 14.4. The number of benzene rings is 1. The highest BCUT2D eigenvalue weighted by Crippen LogP contribution is 2.38. The number of hydrogen-bond acceptors (Lipinski definition) is 9. The molecule has 3 aromatic heterocycles. The molecule has 2 atom stereocenters. The van der Waals surface area contributed by atoms with Gasteiger partial charge in [-0.05, 0) is 44.2 Å². The van der Waals surface area contributed by atoms with Gasteiger partial charge in [-0.25, -0.2) is 14.3 Å². The molecule has 1 amide bonds. The maximum absolute atomic E-state index is 14.4. The Hall–Kier alpha value is -3.74. The van der Waals surface area contributed by atoms with E-state index in [1.807, 2.05) is 31.2 Å². The highest BCUT2D eigenvalue weighted by molar-refractivity contribution is 7.22. The maximum Gasteiger partial charge on any atom is 0.332 e. The molecule has 0 saturated carbocycles. The van der Waals surface area contributed by atoms with E-state index in [9.17, 15) is 14.4 Å². The monoisotopic (exact) mass is 594 g/mol. The van der Waals surface area contributed by atoms with Crippen LogP contribution in [0.3, 0.4) is 0 Å². The van der Waals surface area contributed by atoms with Crippen LogP contribution in [-0.4, -0.2) is 64.9 Å². The molecule has 0 N–H and O–H groups in total. The Morgan fingerprint density at radius 1 is 1.14 bits per heavy atom. The van der Waals surface area contributed by atoms with Gasteiger partial charge in [0.1, 0.15) is 29.0 Å². The average molecular weight is 595 g/mol. The molecule has 6 rings (SSSR count). The van der Waals surface area contributed by atoms with Crippen molar-refractivity contribution in [3.8, 4) is 16.5 Å². The average Bonchev–Trinajstić information content (AvgIpc) is 3.65. The van der Waals surface area contributed by atoms with Crippen molar-refractivity contribution in [3.05, 3.63) is 68.7 Å². The molecule has 11 nitrogen and oxygen atoms in total. The molecule has 5 heterocycles. The van der Waals surface area contributed by atoms with E-state index >= 15 is 0 Å². The SMILES string of the molecule is COc1ccccc1C(Cn1c(=O)n(C2CCCN(C)C2=O)c(=O)c2c(C)c(-c3ncco3)sc21)OC1CCOCC1. The number of fused-ring (bicyclic) bond motifs is 1. The van der Waals surface area contributed by atoms with Gasteiger partial charge in [-0.3, -0.25) is 14.2 Å². The Bertz CT molecular complexity index is 1700. The zero-order valence-electron chi connectivity index (χ0n) is 23.9. The van der Waals surface area contributed by atoms with Gasteiger partial charge in [-0.1, -0.05) is 18.2 Å². The lowest BCUT2D eigenvalue weighted by molar-refractivity contribution is -0.136. The smallest absolute Gasteiger partial charge is 0.332 e. The van der Waals surface area contributed by atoms with Crippen LogP contribution in [0.1, 0.15) is 49.0 Å². The molecular formula is C30H34N4O7S. The van der Waals surface area contributed by atoms with E-state index in [2.05, 4.69) is 4.98 Å². The highest BCUT2D eigenvalue weighted by atomic mass is 32.1. The van der Waals surface area contributed by atoms with Crippen LogP contribution in [0.4, 0.5) is 0 Å². The summed E-state index contributed by atoms with van der Waals surface area (Å²) in [5.41, 5.74) is 0.419. The van der Waals surface area contributed by atoms with Crippen molar-refractivity contribution in [1.82, 2.24) is 19.0 Å². The lowest BCUT2D eigenvalue weighted by Gasteiger charge is -2.31. The molecule has 222 valence electrons. The molecule has 0 spiro atoms. The quantitative estimate of drug-likeness (QED) is 0.301. The first-order valence-electron chi connectivity index (χ1n) is 14.2. The Morgan fingerprint density at radius 3 is 2.67 bits per heavy atom. The zero-order chi connectivity index (χ0) is 29.4. The summed E-state index contributed by atoms with van der Waals surface area (Å²) in [5, 5.41) is 0.374. The van der Waals surface area contributed by atoms with Crippen LogP contribution in [-0.2, 0) is 20.8 Å². The minimum absolute atomic E-state index is 0.0766. The summed E-state index contributed by atoms with van der Waals surface area (Å²) in [6, 6.07) is 6.70. The van der Waals surface area contributed by atoms with Crippen LogP contribution < -0.4 is 16.0 Å². The van der Waals surface area contributed by atoms with Crippen molar-refractivity contribution in [2.45, 2.75) is 57.4 Å². The summed E-state index contributed by atoms with van der Waals surface area (Å²) in [6.07, 6.45) is 4.92. The molecule has 1 aromatic carbocycles. The van der Waals surface area contributed by atoms with Gasteiger partial charge in [0.2, 0.25) is 11.8 Å². The number of thiophene rings is 1. The van der Waals surface area contributed by atoms with Gasteiger partial charge < -0.3 is 23.5 Å². The number of carbonyl (C=O) groups excluding carboxylic acids is 1. The lowest BCUT2D eigenvalue weighted by atomic mass is 10.0. The van der Waals surface area contributed by atoms with Crippen molar-refractivity contribution in [1.29, 1.82) is 0 Å². The number of likely N-dealkylation sites (N-methyl/N-ethyl adjacent to an activating group) is 1. The summed E-state index contributed by atoms with van der Waals surface area (Å²) in [7, 11) is 3.30. The lowest BCUT2D eigenvalue weighted by Crippen LogP contribution is -2.49. The van der Waals surface area contributed by atoms with Crippen LogP contribution in [0.2, 0.25) is 0 Å². The third-order valence-electron chi connectivity index (χ3n) is 8.17. The molecule has 0 aliphatic carbocycles. The van der Waals surface area contributed by atoms with Crippen molar-refractivity contribution in [3.63, 3.8) is 0 Å². The van der Waals surface area contributed by atoms with Gasteiger partial charge in [0, 0.05) is 32.4 Å². The van der Waals surface area contributed by atoms with E-state index in [1.54, 1.807) is 29.8 Å². The van der Waals surface area contributed by atoms with Gasteiger partial charge >= 0.3 is 5.69 Å². The normalized spacial score (nSPS) is 19.0. The number of methoxy groups -OCH3 is 1. The summed E-state index contributed by atoms with van der Waals surface area (Å²) < 4.78 is 26.2. The molecule has 2 unspecified atom stereocenters. The second-order valence-corrected chi connectivity index (χ2v) is 11.7. The fourth-order valence-corrected chi connectivity index (χ4v) is 7.19. The number of rotatable bonds is 8. The van der Waals surface area contributed by atoms with E-state index in [4.69, 9.17) is 18.6 Å². The molecule has 2 aliphatic heterocycles. The third-order valence-corrected chi connectivity index (χ3v) is 9.48. The summed E-state index contributed by atoms with van der Waals surface area (Å²) >= 11 is 1.28. The van der Waals surface area contributed by atoms with E-state index < -0.39 is 23.4 Å². The van der Waals surface area contributed by atoms with Crippen LogP contribution in [0, 0.1) is 6.92 Å². The molecule has 0 radical (unpaired) electrons. The number of oxazole rings is 1. The second kappa shape index (κ2) is 11.9. The molecule has 42 heavy (non-hydrogen) atoms. The van der Waals surface area contributed by atoms with Crippen LogP contribution in [0.5, 0.6) is 5.75 Å². The Morgan fingerprint density at radius 2 is 1.93 bits per heavy atom. The second-order valence-electron chi connectivity index (χ2n) is 10.7. The first-order chi connectivity index (χ1) is 20.4. The predicted molar refractivity (Wildman–Crippen MR) is 157 cm³/mol. The van der Waals surface area contributed by atoms with Gasteiger partial charge in [0.05, 0.1) is 36.2 Å². The number of amides is 1. The van der Waals surface area contributed by atoms with Crippen LogP contribution >= 0.6 is 11.3 Å². The fourth-order valence-electron chi connectivity index (χ4n) is 5.95. The minimum atomic E-state index is -0.884. The molecule has 2 aliphatic rings. The van der Waals surface area contributed by atoms with E-state index in [1.165, 1.54) is 17.6 Å². The van der Waals surface area contributed by atoms with Gasteiger partial charge in [0.25, 0.3) is 5.56 Å². The van der Waals surface area contributed by atoms with Crippen molar-refractivity contribution < 1.29 is 23.4 Å². The Balaban J connectivity index is 1.56. The van der Waals surface area contributed by atoms with Crippen LogP contribution in [0.15, 0.2) is 50.7 Å². The number of nitrogens with zero attached hydrogens (tertiary/aromatic N) is 4. The van der Waals surface area contributed by atoms with Gasteiger partial charge in [-0.15, -0.1) is 11.3 Å². The number of para-hydroxylation sites is 1. The van der Waals surface area contributed by atoms with Crippen LogP contribution in [0.25, 0.3) is 21.0 Å². The number of aromatic nitrogens is 3. The number of ether oxygens (including phenoxy) is 3. The van der Waals surface area contributed by atoms with E-state index in [-0.39, 0.29) is 18.6 Å². The Labute approximate surface area is 246 Å².